The molecule has 4 nitrogen and oxygen atoms in total. The molecule has 0 unspecified atom stereocenters. The quantitative estimate of drug-likeness (QED) is 0.572. The van der Waals surface area contributed by atoms with Gasteiger partial charge in [-0.2, -0.15) is 0 Å². The Balaban J connectivity index is 1.92. The number of thiocarbonyl (C=S) groups is 1. The molecule has 3 rings (SSSR count). The number of fused-ring (bicyclic) bond motifs is 2. The lowest BCUT2D eigenvalue weighted by molar-refractivity contribution is 0.846. The fourth-order valence-corrected chi connectivity index (χ4v) is 2.33. The highest BCUT2D eigenvalue weighted by Crippen LogP contribution is 2.19. The lowest BCUT2D eigenvalue weighted by Gasteiger charge is -2.10. The van der Waals surface area contributed by atoms with Crippen LogP contribution in [0.25, 0.3) is 22.1 Å². The molecule has 0 spiro atoms. The van der Waals surface area contributed by atoms with Crippen LogP contribution in [0.1, 0.15) is 13.3 Å². The van der Waals surface area contributed by atoms with Crippen molar-refractivity contribution in [2.24, 2.45) is 0 Å². The summed E-state index contributed by atoms with van der Waals surface area (Å²) < 4.78 is 0. The Hall–Kier alpha value is -2.27. The van der Waals surface area contributed by atoms with Crippen molar-refractivity contribution in [2.45, 2.75) is 13.3 Å². The van der Waals surface area contributed by atoms with Crippen molar-refractivity contribution in [1.82, 2.24) is 15.3 Å². The van der Waals surface area contributed by atoms with Crippen LogP contribution in [-0.2, 0) is 0 Å². The number of nitrogens with one attached hydrogen (secondary N) is 2. The number of hydrogen-bond donors (Lipinski definition) is 2. The van der Waals surface area contributed by atoms with Crippen molar-refractivity contribution >= 4 is 45.1 Å². The van der Waals surface area contributed by atoms with Gasteiger partial charge in [0.15, 0.2) is 5.11 Å². The van der Waals surface area contributed by atoms with E-state index in [0.717, 1.165) is 40.7 Å². The minimum atomic E-state index is 0.630. The summed E-state index contributed by atoms with van der Waals surface area (Å²) in [6.07, 6.45) is 1.04. The summed E-state index contributed by atoms with van der Waals surface area (Å²) in [6.45, 7) is 2.97. The number of nitrogens with zero attached hydrogens (tertiary/aromatic N) is 2. The molecule has 0 aliphatic rings. The molecule has 0 atom stereocenters. The Morgan fingerprint density at radius 1 is 1.00 bits per heavy atom. The number of benzene rings is 2. The predicted octanol–water partition coefficient (Wildman–Crippen LogP) is 3.48. The monoisotopic (exact) mass is 296 g/mol. The second-order valence-corrected chi connectivity index (χ2v) is 5.20. The molecule has 0 amide bonds. The van der Waals surface area contributed by atoms with Crippen molar-refractivity contribution in [3.63, 3.8) is 0 Å². The van der Waals surface area contributed by atoms with E-state index in [9.17, 15) is 0 Å². The van der Waals surface area contributed by atoms with E-state index >= 15 is 0 Å². The smallest absolute Gasteiger partial charge is 0.170 e. The summed E-state index contributed by atoms with van der Waals surface area (Å²) in [6, 6.07) is 13.8. The zero-order valence-corrected chi connectivity index (χ0v) is 12.6. The molecule has 0 saturated carbocycles. The first-order valence-electron chi connectivity index (χ1n) is 6.97. The highest BCUT2D eigenvalue weighted by atomic mass is 32.1. The molecule has 0 saturated heterocycles. The Morgan fingerprint density at radius 3 is 2.38 bits per heavy atom. The molecule has 5 heteroatoms. The maximum absolute atomic E-state index is 5.24. The summed E-state index contributed by atoms with van der Waals surface area (Å²) in [5, 5.41) is 6.94. The van der Waals surface area contributed by atoms with Crippen LogP contribution in [0.3, 0.4) is 0 Å². The van der Waals surface area contributed by atoms with Gasteiger partial charge in [0.1, 0.15) is 0 Å². The van der Waals surface area contributed by atoms with Crippen molar-refractivity contribution in [2.75, 3.05) is 11.9 Å². The van der Waals surface area contributed by atoms with Crippen molar-refractivity contribution in [1.29, 1.82) is 0 Å². The molecule has 1 heterocycles. The zero-order valence-electron chi connectivity index (χ0n) is 11.8. The van der Waals surface area contributed by atoms with Gasteiger partial charge in [-0.25, -0.2) is 9.97 Å². The molecule has 3 aromatic rings. The molecule has 0 aliphatic heterocycles. The van der Waals surface area contributed by atoms with E-state index in [0.29, 0.717) is 5.11 Å². The van der Waals surface area contributed by atoms with Gasteiger partial charge < -0.3 is 10.6 Å². The van der Waals surface area contributed by atoms with E-state index in [1.807, 2.05) is 42.5 Å². The lowest BCUT2D eigenvalue weighted by atomic mass is 10.2. The normalized spacial score (nSPS) is 10.7. The Morgan fingerprint density at radius 2 is 1.67 bits per heavy atom. The third kappa shape index (κ3) is 3.08. The topological polar surface area (TPSA) is 49.8 Å². The molecule has 21 heavy (non-hydrogen) atoms. The van der Waals surface area contributed by atoms with Crippen LogP contribution in [0.2, 0.25) is 0 Å². The SMILES string of the molecule is CCCNC(=S)Nc1ccc2nc3ccccc3nc2c1. The van der Waals surface area contributed by atoms with Crippen molar-refractivity contribution in [3.8, 4) is 0 Å². The maximum atomic E-state index is 5.24. The van der Waals surface area contributed by atoms with Gasteiger partial charge in [0.2, 0.25) is 0 Å². The minimum Gasteiger partial charge on any atom is -0.362 e. The average Bonchev–Trinajstić information content (AvgIpc) is 2.51. The van der Waals surface area contributed by atoms with Crippen LogP contribution < -0.4 is 10.6 Å². The van der Waals surface area contributed by atoms with E-state index in [4.69, 9.17) is 12.2 Å². The standard InChI is InChI=1S/C16H16N4S/c1-2-9-17-16(21)18-11-7-8-14-15(10-11)20-13-6-4-3-5-12(13)19-14/h3-8,10H,2,9H2,1H3,(H2,17,18,21). The second kappa shape index (κ2) is 6.01. The summed E-state index contributed by atoms with van der Waals surface area (Å²) in [7, 11) is 0. The van der Waals surface area contributed by atoms with Gasteiger partial charge in [-0.15, -0.1) is 0 Å². The molecular weight excluding hydrogens is 280 g/mol. The summed E-state index contributed by atoms with van der Waals surface area (Å²) in [5.41, 5.74) is 4.46. The van der Waals surface area contributed by atoms with E-state index in [2.05, 4.69) is 27.5 Å². The Kier molecular flexibility index (Phi) is 3.92. The number of aromatic nitrogens is 2. The molecule has 2 aromatic carbocycles. The molecule has 0 aliphatic carbocycles. The molecule has 0 fully saturated rings. The van der Waals surface area contributed by atoms with Crippen LogP contribution in [-0.4, -0.2) is 21.6 Å². The zero-order chi connectivity index (χ0) is 14.7. The van der Waals surface area contributed by atoms with E-state index in [1.165, 1.54) is 0 Å². The van der Waals surface area contributed by atoms with Crippen LogP contribution in [0, 0.1) is 0 Å². The highest BCUT2D eigenvalue weighted by Gasteiger charge is 2.03. The Labute approximate surface area is 128 Å². The summed E-state index contributed by atoms with van der Waals surface area (Å²) in [5.74, 6) is 0. The van der Waals surface area contributed by atoms with Gasteiger partial charge in [0.25, 0.3) is 0 Å². The van der Waals surface area contributed by atoms with Gasteiger partial charge >= 0.3 is 0 Å². The predicted molar refractivity (Wildman–Crippen MR) is 91.6 cm³/mol. The summed E-state index contributed by atoms with van der Waals surface area (Å²) in [4.78, 5) is 9.25. The minimum absolute atomic E-state index is 0.630. The number of anilines is 1. The molecule has 106 valence electrons. The first kappa shape index (κ1) is 13.7. The molecule has 2 N–H and O–H groups in total. The number of para-hydroxylation sites is 2. The van der Waals surface area contributed by atoms with Gasteiger partial charge in [-0.1, -0.05) is 19.1 Å². The van der Waals surface area contributed by atoms with Crippen LogP contribution in [0.15, 0.2) is 42.5 Å². The fourth-order valence-electron chi connectivity index (χ4n) is 2.11. The van der Waals surface area contributed by atoms with Crippen molar-refractivity contribution < 1.29 is 0 Å². The largest absolute Gasteiger partial charge is 0.362 e. The third-order valence-corrected chi connectivity index (χ3v) is 3.38. The van der Waals surface area contributed by atoms with Crippen LogP contribution in [0.5, 0.6) is 0 Å². The third-order valence-electron chi connectivity index (χ3n) is 3.13. The molecular formula is C16H16N4S. The van der Waals surface area contributed by atoms with E-state index in [-0.39, 0.29) is 0 Å². The Bertz CT molecular complexity index is 800. The number of rotatable bonds is 3. The molecule has 0 radical (unpaired) electrons. The van der Waals surface area contributed by atoms with Crippen molar-refractivity contribution in [3.05, 3.63) is 42.5 Å². The second-order valence-electron chi connectivity index (χ2n) is 4.80. The van der Waals surface area contributed by atoms with Gasteiger partial charge in [-0.3, -0.25) is 0 Å². The maximum Gasteiger partial charge on any atom is 0.170 e. The van der Waals surface area contributed by atoms with E-state index in [1.54, 1.807) is 0 Å². The van der Waals surface area contributed by atoms with Gasteiger partial charge in [0, 0.05) is 12.2 Å². The summed E-state index contributed by atoms with van der Waals surface area (Å²) >= 11 is 5.24. The fraction of sp³-hybridized carbons (Fsp3) is 0.188. The molecule has 0 bridgehead atoms. The van der Waals surface area contributed by atoms with Crippen LogP contribution >= 0.6 is 12.2 Å². The van der Waals surface area contributed by atoms with Gasteiger partial charge in [0.05, 0.1) is 22.1 Å². The average molecular weight is 296 g/mol. The van der Waals surface area contributed by atoms with Crippen LogP contribution in [0.4, 0.5) is 5.69 Å². The number of hydrogen-bond acceptors (Lipinski definition) is 3. The highest BCUT2D eigenvalue weighted by molar-refractivity contribution is 7.80. The first-order chi connectivity index (χ1) is 10.3. The van der Waals surface area contributed by atoms with Gasteiger partial charge in [-0.05, 0) is 49.0 Å². The molecule has 1 aromatic heterocycles. The van der Waals surface area contributed by atoms with E-state index < -0.39 is 0 Å². The first-order valence-corrected chi connectivity index (χ1v) is 7.38. The lowest BCUT2D eigenvalue weighted by Crippen LogP contribution is -2.28.